The lowest BCUT2D eigenvalue weighted by atomic mass is 9.92. The highest BCUT2D eigenvalue weighted by atomic mass is 32.2. The molecule has 2 unspecified atom stereocenters. The Morgan fingerprint density at radius 2 is 1.76 bits per heavy atom. The number of hydrogen-bond acceptors (Lipinski definition) is 5. The predicted molar refractivity (Wildman–Crippen MR) is 150 cm³/mol. The van der Waals surface area contributed by atoms with Crippen molar-refractivity contribution in [2.75, 3.05) is 12.0 Å². The van der Waals surface area contributed by atoms with Crippen LogP contribution in [-0.2, 0) is 25.8 Å². The first-order chi connectivity index (χ1) is 18.1. The van der Waals surface area contributed by atoms with Gasteiger partial charge in [0.2, 0.25) is 0 Å². The van der Waals surface area contributed by atoms with E-state index in [-0.39, 0.29) is 18.3 Å². The molecule has 1 amide bonds. The normalized spacial score (nSPS) is 16.1. The van der Waals surface area contributed by atoms with Crippen LogP contribution in [0.25, 0.3) is 11.1 Å². The largest absolute Gasteiger partial charge is 0.480 e. The fourth-order valence-electron chi connectivity index (χ4n) is 5.04. The number of nitrogens with one attached hydrogen (secondary N) is 1. The van der Waals surface area contributed by atoms with Crippen molar-refractivity contribution in [3.63, 3.8) is 0 Å². The number of benzene rings is 2. The molecule has 8 heteroatoms. The fraction of sp³-hybridized carbons (Fsp3) is 0.533. The highest BCUT2D eigenvalue weighted by molar-refractivity contribution is 7.90. The number of aliphatic carboxylic acids is 1. The van der Waals surface area contributed by atoms with Crippen LogP contribution in [0.1, 0.15) is 79.8 Å². The third-order valence-electron chi connectivity index (χ3n) is 7.29. The third-order valence-corrected chi connectivity index (χ3v) is 8.27. The Bertz CT molecular complexity index is 1200. The minimum atomic E-state index is -3.37. The Labute approximate surface area is 226 Å². The molecule has 38 heavy (non-hydrogen) atoms. The summed E-state index contributed by atoms with van der Waals surface area (Å²) in [5, 5.41) is 12.1. The van der Waals surface area contributed by atoms with E-state index in [2.05, 4.69) is 12.2 Å². The van der Waals surface area contributed by atoms with Gasteiger partial charge in [-0.2, -0.15) is 0 Å². The second kappa shape index (κ2) is 13.9. The predicted octanol–water partition coefficient (Wildman–Crippen LogP) is 5.34. The molecule has 3 rings (SSSR count). The van der Waals surface area contributed by atoms with Gasteiger partial charge in [0.05, 0.1) is 18.0 Å². The van der Waals surface area contributed by atoms with E-state index in [1.54, 1.807) is 6.07 Å². The Balaban J connectivity index is 1.82. The average molecular weight is 544 g/mol. The number of amides is 1. The lowest BCUT2D eigenvalue weighted by molar-refractivity contribution is -0.139. The molecule has 0 aromatic heterocycles. The molecule has 1 aliphatic carbocycles. The number of carboxylic acids is 1. The van der Waals surface area contributed by atoms with Gasteiger partial charge in [-0.3, -0.25) is 4.79 Å². The molecule has 0 radical (unpaired) electrons. The van der Waals surface area contributed by atoms with Crippen LogP contribution in [0.15, 0.2) is 42.5 Å². The van der Waals surface area contributed by atoms with Gasteiger partial charge in [-0.25, -0.2) is 13.2 Å². The van der Waals surface area contributed by atoms with Gasteiger partial charge in [-0.15, -0.1) is 0 Å². The molecule has 2 atom stereocenters. The first-order valence-corrected chi connectivity index (χ1v) is 15.7. The van der Waals surface area contributed by atoms with Gasteiger partial charge in [0.15, 0.2) is 0 Å². The van der Waals surface area contributed by atoms with Crippen LogP contribution in [0.4, 0.5) is 0 Å². The number of aryl methyl sites for hydroxylation is 2. The number of hydrogen-bond donors (Lipinski definition) is 2. The maximum atomic E-state index is 13.3. The van der Waals surface area contributed by atoms with Crippen molar-refractivity contribution in [3.8, 4) is 11.1 Å². The number of carbonyl (C=O) groups excluding carboxylic acids is 1. The number of rotatable bonds is 13. The van der Waals surface area contributed by atoms with Crippen molar-refractivity contribution in [2.45, 2.75) is 89.9 Å². The van der Waals surface area contributed by atoms with Gasteiger partial charge in [0.25, 0.3) is 5.91 Å². The van der Waals surface area contributed by atoms with Crippen LogP contribution in [0.5, 0.6) is 0 Å². The molecule has 1 saturated carbocycles. The number of ether oxygens (including phenoxy) is 1. The molecule has 0 bridgehead atoms. The van der Waals surface area contributed by atoms with E-state index in [1.807, 2.05) is 43.3 Å². The van der Waals surface area contributed by atoms with Gasteiger partial charge in [-0.05, 0) is 73.8 Å². The zero-order valence-electron chi connectivity index (χ0n) is 22.7. The minimum absolute atomic E-state index is 0.189. The van der Waals surface area contributed by atoms with E-state index in [4.69, 9.17) is 4.74 Å². The van der Waals surface area contributed by atoms with Crippen molar-refractivity contribution >= 4 is 21.7 Å². The summed E-state index contributed by atoms with van der Waals surface area (Å²) in [5.41, 5.74) is 4.06. The zero-order chi connectivity index (χ0) is 27.7. The standard InChI is InChI=1S/C30H41NO6S/c1-4-23(37-24-11-6-5-7-12-24)16-14-22-15-17-26(27(20-22)25-13-9-8-10-21(25)2)29(32)31-28(30(33)34)18-19-38(3,35)36/h8-10,13,15,17,20,23-24,28H,4-7,11-12,14,16,18-19H2,1-3H3,(H,31,32)(H,33,34). The second-order valence-corrected chi connectivity index (χ2v) is 12.7. The lowest BCUT2D eigenvalue weighted by Crippen LogP contribution is -2.42. The average Bonchev–Trinajstić information content (AvgIpc) is 2.88. The Kier molecular flexibility index (Phi) is 10.9. The molecular weight excluding hydrogens is 502 g/mol. The zero-order valence-corrected chi connectivity index (χ0v) is 23.6. The molecule has 0 saturated heterocycles. The molecule has 0 aliphatic heterocycles. The van der Waals surface area contributed by atoms with Crippen molar-refractivity contribution in [1.29, 1.82) is 0 Å². The van der Waals surface area contributed by atoms with Gasteiger partial charge < -0.3 is 15.2 Å². The summed E-state index contributed by atoms with van der Waals surface area (Å²) in [6.45, 7) is 4.13. The SMILES string of the molecule is CCC(CCc1ccc(C(=O)NC(CCS(C)(=O)=O)C(=O)O)c(-c2ccccc2C)c1)OC1CCCCC1. The Morgan fingerprint density at radius 1 is 1.05 bits per heavy atom. The monoisotopic (exact) mass is 543 g/mol. The first-order valence-electron chi connectivity index (χ1n) is 13.6. The number of sulfone groups is 1. The summed E-state index contributed by atoms with van der Waals surface area (Å²) >= 11 is 0. The van der Waals surface area contributed by atoms with Gasteiger partial charge >= 0.3 is 5.97 Å². The van der Waals surface area contributed by atoms with E-state index in [9.17, 15) is 23.1 Å². The van der Waals surface area contributed by atoms with Crippen molar-refractivity contribution in [3.05, 3.63) is 59.2 Å². The van der Waals surface area contributed by atoms with Gasteiger partial charge in [0.1, 0.15) is 15.9 Å². The highest BCUT2D eigenvalue weighted by Crippen LogP contribution is 2.30. The molecule has 7 nitrogen and oxygen atoms in total. The van der Waals surface area contributed by atoms with Gasteiger partial charge in [-0.1, -0.05) is 62.6 Å². The number of carbonyl (C=O) groups is 2. The quantitative estimate of drug-likeness (QED) is 0.353. The summed E-state index contributed by atoms with van der Waals surface area (Å²) in [7, 11) is -3.37. The van der Waals surface area contributed by atoms with E-state index in [1.165, 1.54) is 19.3 Å². The molecule has 0 spiro atoms. The van der Waals surface area contributed by atoms with Crippen molar-refractivity contribution in [1.82, 2.24) is 5.32 Å². The molecule has 0 heterocycles. The molecular formula is C30H41NO6S. The minimum Gasteiger partial charge on any atom is -0.480 e. The smallest absolute Gasteiger partial charge is 0.326 e. The molecule has 2 aromatic carbocycles. The van der Waals surface area contributed by atoms with E-state index in [0.717, 1.165) is 60.6 Å². The van der Waals surface area contributed by atoms with Gasteiger partial charge in [0, 0.05) is 11.8 Å². The first kappa shape index (κ1) is 29.8. The molecule has 208 valence electrons. The fourth-order valence-corrected chi connectivity index (χ4v) is 5.70. The third kappa shape index (κ3) is 8.95. The second-order valence-electron chi connectivity index (χ2n) is 10.4. The summed E-state index contributed by atoms with van der Waals surface area (Å²) < 4.78 is 29.5. The Morgan fingerprint density at radius 3 is 2.39 bits per heavy atom. The van der Waals surface area contributed by atoms with Crippen LogP contribution >= 0.6 is 0 Å². The van der Waals surface area contributed by atoms with Crippen LogP contribution in [0, 0.1) is 6.92 Å². The van der Waals surface area contributed by atoms with Crippen LogP contribution in [-0.4, -0.2) is 55.7 Å². The molecule has 2 N–H and O–H groups in total. The van der Waals surface area contributed by atoms with Crippen molar-refractivity contribution in [2.24, 2.45) is 0 Å². The van der Waals surface area contributed by atoms with Crippen LogP contribution in [0.3, 0.4) is 0 Å². The van der Waals surface area contributed by atoms with E-state index >= 15 is 0 Å². The lowest BCUT2D eigenvalue weighted by Gasteiger charge is -2.27. The van der Waals surface area contributed by atoms with Crippen molar-refractivity contribution < 1.29 is 27.9 Å². The summed E-state index contributed by atoms with van der Waals surface area (Å²) in [6.07, 6.45) is 10.1. The molecule has 1 fully saturated rings. The summed E-state index contributed by atoms with van der Waals surface area (Å²) in [5.74, 6) is -2.13. The maximum absolute atomic E-state index is 13.3. The number of carboxylic acid groups (broad SMARTS) is 1. The molecule has 1 aliphatic rings. The Hall–Kier alpha value is -2.71. The summed E-state index contributed by atoms with van der Waals surface area (Å²) in [6, 6.07) is 12.1. The topological polar surface area (TPSA) is 110 Å². The maximum Gasteiger partial charge on any atom is 0.326 e. The van der Waals surface area contributed by atoms with E-state index in [0.29, 0.717) is 11.7 Å². The van der Waals surface area contributed by atoms with Crippen LogP contribution in [0.2, 0.25) is 0 Å². The highest BCUT2D eigenvalue weighted by Gasteiger charge is 2.24. The summed E-state index contributed by atoms with van der Waals surface area (Å²) in [4.78, 5) is 25.0. The molecule has 2 aromatic rings. The van der Waals surface area contributed by atoms with Crippen LogP contribution < -0.4 is 5.32 Å². The van der Waals surface area contributed by atoms with E-state index < -0.39 is 27.8 Å².